The lowest BCUT2D eigenvalue weighted by Gasteiger charge is -2.06. The van der Waals surface area contributed by atoms with Crippen LogP contribution in [-0.2, 0) is 6.18 Å². The molecule has 0 unspecified atom stereocenters. The molecule has 0 bridgehead atoms. The molecular weight excluding hydrogens is 247 g/mol. The number of nitriles is 1. The van der Waals surface area contributed by atoms with Crippen molar-refractivity contribution >= 4 is 15.9 Å². The van der Waals surface area contributed by atoms with Crippen molar-refractivity contribution < 1.29 is 17.3 Å². The van der Waals surface area contributed by atoms with Crippen LogP contribution in [0.3, 0.4) is 0 Å². The fraction of sp³-hybridized carbons (Fsp3) is 0.125. The minimum Gasteiger partial charge on any atom is -0.192 e. The summed E-state index contributed by atoms with van der Waals surface area (Å²) in [5, 5.41) is 8.57. The van der Waals surface area contributed by atoms with Crippen molar-refractivity contribution in [3.8, 4) is 6.07 Å². The Bertz CT molecular complexity index is 493. The summed E-state index contributed by atoms with van der Waals surface area (Å²) in [6.07, 6.45) is -4.89. The van der Waals surface area contributed by atoms with Crippen LogP contribution in [0.25, 0.3) is 0 Å². The maximum absolute atomic E-state index is 12.5. The van der Waals surface area contributed by atoms with E-state index in [1.165, 1.54) is 6.07 Å². The van der Waals surface area contributed by atoms with Crippen molar-refractivity contribution in [1.82, 2.24) is 0 Å². The predicted octanol–water partition coefficient (Wildman–Crippen LogP) is 3.34. The van der Waals surface area contributed by atoms with Crippen LogP contribution >= 0.6 is 15.9 Å². The Hall–Kier alpha value is -1.02. The van der Waals surface area contributed by atoms with E-state index < -0.39 is 39.9 Å². The van der Waals surface area contributed by atoms with E-state index >= 15 is 0 Å². The molecule has 0 aliphatic carbocycles. The smallest absolute Gasteiger partial charge is 0.192 e. The minimum absolute atomic E-state index is 0.438. The normalized spacial score (nSPS) is 14.2. The largest absolute Gasteiger partial charge is 0.416 e. The first-order valence-corrected chi connectivity index (χ1v) is 3.77. The van der Waals surface area contributed by atoms with Crippen LogP contribution in [0, 0.1) is 11.3 Å². The summed E-state index contributed by atoms with van der Waals surface area (Å²) in [7, 11) is 0. The Morgan fingerprint density at radius 3 is 2.46 bits per heavy atom. The van der Waals surface area contributed by atoms with Crippen molar-refractivity contribution in [2.24, 2.45) is 0 Å². The third-order valence-electron chi connectivity index (χ3n) is 1.11. The highest BCUT2D eigenvalue weighted by Gasteiger charge is 2.30. The van der Waals surface area contributed by atoms with E-state index in [1.807, 2.05) is 0 Å². The lowest BCUT2D eigenvalue weighted by molar-refractivity contribution is -0.137. The van der Waals surface area contributed by atoms with Crippen LogP contribution in [-0.4, -0.2) is 0 Å². The molecule has 0 aliphatic rings. The monoisotopic (exact) mass is 252 g/mol. The van der Waals surface area contributed by atoms with Gasteiger partial charge in [0.1, 0.15) is 0 Å². The van der Waals surface area contributed by atoms with Crippen LogP contribution in [0.1, 0.15) is 15.2 Å². The number of rotatable bonds is 0. The molecule has 0 saturated heterocycles. The number of benzene rings is 1. The van der Waals surface area contributed by atoms with E-state index in [0.29, 0.717) is 0 Å². The Kier molecular flexibility index (Phi) is 1.67. The van der Waals surface area contributed by atoms with E-state index in [9.17, 15) is 13.2 Å². The Balaban J connectivity index is 3.78. The topological polar surface area (TPSA) is 23.8 Å². The zero-order valence-electron chi connectivity index (χ0n) is 8.96. The summed E-state index contributed by atoms with van der Waals surface area (Å²) in [4.78, 5) is 0. The molecule has 0 fully saturated rings. The number of halogens is 4. The van der Waals surface area contributed by atoms with Crippen LogP contribution < -0.4 is 0 Å². The molecule has 13 heavy (non-hydrogen) atoms. The van der Waals surface area contributed by atoms with Crippen LogP contribution in [0.15, 0.2) is 22.6 Å². The maximum atomic E-state index is 12.5. The van der Waals surface area contributed by atoms with Crippen molar-refractivity contribution in [3.05, 3.63) is 33.7 Å². The van der Waals surface area contributed by atoms with Gasteiger partial charge < -0.3 is 0 Å². The molecule has 0 atom stereocenters. The summed E-state index contributed by atoms with van der Waals surface area (Å²) < 4.78 is 58.7. The highest BCUT2D eigenvalue weighted by Crippen LogP contribution is 2.31. The van der Waals surface area contributed by atoms with E-state index in [4.69, 9.17) is 9.37 Å². The molecule has 0 aliphatic heterocycles. The van der Waals surface area contributed by atoms with Gasteiger partial charge in [0, 0.05) is 4.47 Å². The van der Waals surface area contributed by atoms with E-state index in [0.717, 1.165) is 0 Å². The molecule has 0 spiro atoms. The zero-order chi connectivity index (χ0) is 12.7. The van der Waals surface area contributed by atoms with Gasteiger partial charge in [-0.2, -0.15) is 18.4 Å². The molecule has 1 aromatic rings. The van der Waals surface area contributed by atoms with Gasteiger partial charge in [0.25, 0.3) is 0 Å². The number of alkyl halides is 3. The summed E-state index contributed by atoms with van der Waals surface area (Å²) in [5.41, 5.74) is -2.21. The van der Waals surface area contributed by atoms with Gasteiger partial charge in [-0.15, -0.1) is 0 Å². The lowest BCUT2D eigenvalue weighted by atomic mass is 10.1. The predicted molar refractivity (Wildman–Crippen MR) is 43.9 cm³/mol. The van der Waals surface area contributed by atoms with E-state index in [2.05, 4.69) is 15.9 Å². The number of hydrogen-bond acceptors (Lipinski definition) is 1. The molecule has 0 amide bonds. The first-order valence-electron chi connectivity index (χ1n) is 4.48. The van der Waals surface area contributed by atoms with Gasteiger partial charge in [0.05, 0.1) is 21.3 Å². The Morgan fingerprint density at radius 1 is 1.38 bits per heavy atom. The molecule has 5 heteroatoms. The first-order chi connectivity index (χ1) is 7.21. The Morgan fingerprint density at radius 2 is 2.00 bits per heavy atom. The summed E-state index contributed by atoms with van der Waals surface area (Å²) >= 11 is 2.64. The quantitative estimate of drug-likeness (QED) is 0.695. The van der Waals surface area contributed by atoms with Crippen molar-refractivity contribution in [3.63, 3.8) is 0 Å². The fourth-order valence-electron chi connectivity index (χ4n) is 0.636. The summed E-state index contributed by atoms with van der Waals surface area (Å²) in [6, 6.07) is -1.35. The lowest BCUT2D eigenvalue weighted by Crippen LogP contribution is -2.04. The average Bonchev–Trinajstić information content (AvgIpc) is 2.13. The molecular formula is C8H3BrF3N. The summed E-state index contributed by atoms with van der Waals surface area (Å²) in [6.45, 7) is 0. The van der Waals surface area contributed by atoms with Crippen molar-refractivity contribution in [1.29, 1.82) is 5.26 Å². The molecule has 1 aromatic carbocycles. The van der Waals surface area contributed by atoms with Gasteiger partial charge in [0.15, 0.2) is 0 Å². The molecule has 0 N–H and O–H groups in total. The number of nitrogens with zero attached hydrogens (tertiary/aromatic N) is 1. The Labute approximate surface area is 85.1 Å². The first kappa shape index (κ1) is 6.44. The van der Waals surface area contributed by atoms with Crippen LogP contribution in [0.4, 0.5) is 13.2 Å². The average molecular weight is 253 g/mol. The zero-order valence-corrected chi connectivity index (χ0v) is 7.55. The molecule has 1 nitrogen and oxygen atoms in total. The summed E-state index contributed by atoms with van der Waals surface area (Å²) in [5.74, 6) is 0. The van der Waals surface area contributed by atoms with Gasteiger partial charge in [0.2, 0.25) is 0 Å². The molecule has 1 rings (SSSR count). The van der Waals surface area contributed by atoms with E-state index in [1.54, 1.807) is 0 Å². The number of hydrogen-bond donors (Lipinski definition) is 0. The third kappa shape index (κ3) is 2.46. The standard InChI is InChI=1S/C8H3BrF3N/c9-7-2-5(4-13)1-6(3-7)8(10,11)12/h1-3H/i1D,2D,3D. The second kappa shape index (κ2) is 3.38. The van der Waals surface area contributed by atoms with Crippen LogP contribution in [0.2, 0.25) is 0 Å². The van der Waals surface area contributed by atoms with E-state index in [-0.39, 0.29) is 0 Å². The molecule has 0 heterocycles. The molecule has 68 valence electrons. The van der Waals surface area contributed by atoms with Crippen molar-refractivity contribution in [2.45, 2.75) is 6.18 Å². The molecule has 0 aromatic heterocycles. The third-order valence-corrected chi connectivity index (χ3v) is 1.51. The second-order valence-electron chi connectivity index (χ2n) is 2.05. The minimum atomic E-state index is -4.89. The fourth-order valence-corrected chi connectivity index (χ4v) is 1.03. The van der Waals surface area contributed by atoms with Gasteiger partial charge in [-0.25, -0.2) is 0 Å². The van der Waals surface area contributed by atoms with Crippen LogP contribution in [0.5, 0.6) is 0 Å². The van der Waals surface area contributed by atoms with Gasteiger partial charge in [-0.1, -0.05) is 15.9 Å². The maximum Gasteiger partial charge on any atom is 0.416 e. The van der Waals surface area contributed by atoms with Crippen molar-refractivity contribution in [2.75, 3.05) is 0 Å². The van der Waals surface area contributed by atoms with Gasteiger partial charge >= 0.3 is 6.18 Å². The SMILES string of the molecule is [2H]c1c(Br)c([2H])c(C(F)(F)F)c([2H])c1C#N. The highest BCUT2D eigenvalue weighted by atomic mass is 79.9. The second-order valence-corrected chi connectivity index (χ2v) is 2.84. The highest BCUT2D eigenvalue weighted by molar-refractivity contribution is 9.10. The van der Waals surface area contributed by atoms with Gasteiger partial charge in [-0.05, 0) is 18.1 Å². The molecule has 0 radical (unpaired) electrons. The molecule has 0 saturated carbocycles. The van der Waals surface area contributed by atoms with Gasteiger partial charge in [-0.3, -0.25) is 0 Å².